The van der Waals surface area contributed by atoms with Crippen molar-refractivity contribution in [1.29, 1.82) is 0 Å². The van der Waals surface area contributed by atoms with Gasteiger partial charge >= 0.3 is 0 Å². The number of fused-ring (bicyclic) bond motifs is 3. The van der Waals surface area contributed by atoms with E-state index < -0.39 is 9.52 Å². The van der Waals surface area contributed by atoms with Gasteiger partial charge in [0.05, 0.1) is 9.52 Å². The molecule has 174 valence electrons. The molecule has 1 heteroatoms. The lowest BCUT2D eigenvalue weighted by molar-refractivity contribution is 1.67. The Bertz CT molecular complexity index is 1880. The van der Waals surface area contributed by atoms with Gasteiger partial charge in [0.15, 0.2) is 0 Å². The molecule has 0 nitrogen and oxygen atoms in total. The smallest absolute Gasteiger partial charge is 0.0633 e. The Kier molecular flexibility index (Phi) is 5.42. The average molecular weight is 487 g/mol. The van der Waals surface area contributed by atoms with Crippen molar-refractivity contribution in [1.82, 2.24) is 0 Å². The molecule has 0 unspecified atom stereocenters. The minimum Gasteiger partial charge on any atom is -0.0633 e. The van der Waals surface area contributed by atoms with Gasteiger partial charge in [-0.05, 0) is 54.6 Å². The van der Waals surface area contributed by atoms with E-state index in [4.69, 9.17) is 0 Å². The summed E-state index contributed by atoms with van der Waals surface area (Å²) in [6, 6.07) is 53.5. The standard InChI is InChI=1S/C36H26Si/c1-3-13-26(14-4-1)35-31-19-9-10-20-32(31)36(30-21-11-15-25-12-7-8-18-29(25)30)33-23-22-28(24-34(33)35)37-27-16-5-2-6-17-27/h1-24H,37H2. The lowest BCUT2D eigenvalue weighted by atomic mass is 9.85. The van der Waals surface area contributed by atoms with Crippen molar-refractivity contribution in [3.05, 3.63) is 146 Å². The van der Waals surface area contributed by atoms with E-state index >= 15 is 0 Å². The van der Waals surface area contributed by atoms with Gasteiger partial charge in [-0.25, -0.2) is 0 Å². The molecule has 0 fully saturated rings. The fourth-order valence-corrected chi connectivity index (χ4v) is 7.34. The van der Waals surface area contributed by atoms with Gasteiger partial charge < -0.3 is 0 Å². The van der Waals surface area contributed by atoms with E-state index in [0.717, 1.165) is 0 Å². The fourth-order valence-electron chi connectivity index (χ4n) is 5.82. The van der Waals surface area contributed by atoms with E-state index in [1.165, 1.54) is 64.9 Å². The summed E-state index contributed by atoms with van der Waals surface area (Å²) in [5.74, 6) is 0. The van der Waals surface area contributed by atoms with Gasteiger partial charge in [-0.15, -0.1) is 0 Å². The lowest BCUT2D eigenvalue weighted by Crippen LogP contribution is -2.26. The van der Waals surface area contributed by atoms with Crippen molar-refractivity contribution in [2.45, 2.75) is 0 Å². The number of benzene rings is 7. The highest BCUT2D eigenvalue weighted by Gasteiger charge is 2.18. The van der Waals surface area contributed by atoms with Crippen LogP contribution in [-0.4, -0.2) is 9.52 Å². The Balaban J connectivity index is 1.61. The minimum absolute atomic E-state index is 0.578. The third-order valence-corrected chi connectivity index (χ3v) is 9.19. The normalized spacial score (nSPS) is 11.7. The molecule has 0 saturated heterocycles. The van der Waals surface area contributed by atoms with Crippen molar-refractivity contribution >= 4 is 52.2 Å². The van der Waals surface area contributed by atoms with Crippen molar-refractivity contribution in [3.8, 4) is 22.3 Å². The Morgan fingerprint density at radius 3 is 1.73 bits per heavy atom. The van der Waals surface area contributed by atoms with Crippen molar-refractivity contribution < 1.29 is 0 Å². The van der Waals surface area contributed by atoms with E-state index in [1.54, 1.807) is 0 Å². The van der Waals surface area contributed by atoms with E-state index in [1.807, 2.05) is 0 Å². The van der Waals surface area contributed by atoms with Crippen LogP contribution in [0.4, 0.5) is 0 Å². The molecule has 0 saturated carbocycles. The largest absolute Gasteiger partial charge is 0.0875 e. The van der Waals surface area contributed by atoms with E-state index in [0.29, 0.717) is 0 Å². The van der Waals surface area contributed by atoms with Crippen LogP contribution in [0.5, 0.6) is 0 Å². The maximum absolute atomic E-state index is 2.48. The van der Waals surface area contributed by atoms with Gasteiger partial charge in [0.1, 0.15) is 0 Å². The van der Waals surface area contributed by atoms with E-state index in [9.17, 15) is 0 Å². The molecule has 0 N–H and O–H groups in total. The molecule has 0 aliphatic rings. The molecule has 37 heavy (non-hydrogen) atoms. The first-order chi connectivity index (χ1) is 18.4. The summed E-state index contributed by atoms with van der Waals surface area (Å²) in [6.07, 6.45) is 0. The van der Waals surface area contributed by atoms with E-state index in [2.05, 4.69) is 146 Å². The zero-order valence-electron chi connectivity index (χ0n) is 20.6. The van der Waals surface area contributed by atoms with Gasteiger partial charge in [-0.3, -0.25) is 0 Å². The predicted octanol–water partition coefficient (Wildman–Crippen LogP) is 7.60. The van der Waals surface area contributed by atoms with Crippen LogP contribution in [0.15, 0.2) is 146 Å². The van der Waals surface area contributed by atoms with Crippen molar-refractivity contribution in [2.75, 3.05) is 0 Å². The summed E-state index contributed by atoms with van der Waals surface area (Å²) < 4.78 is 0. The molecular formula is C36H26Si. The highest BCUT2D eigenvalue weighted by Crippen LogP contribution is 2.44. The fraction of sp³-hybridized carbons (Fsp3) is 0. The number of hydrogen-bond donors (Lipinski definition) is 0. The Labute approximate surface area is 219 Å². The summed E-state index contributed by atoms with van der Waals surface area (Å²) in [5.41, 5.74) is 5.23. The van der Waals surface area contributed by atoms with Crippen LogP contribution in [0, 0.1) is 0 Å². The van der Waals surface area contributed by atoms with Crippen molar-refractivity contribution in [3.63, 3.8) is 0 Å². The molecule has 0 radical (unpaired) electrons. The summed E-state index contributed by atoms with van der Waals surface area (Å²) in [7, 11) is -0.578. The third kappa shape index (κ3) is 3.85. The summed E-state index contributed by atoms with van der Waals surface area (Å²) >= 11 is 0. The SMILES string of the molecule is c1ccc([SiH2]c2ccc3c(-c4cccc5ccccc45)c4ccccc4c(-c4ccccc4)c3c2)cc1. The molecule has 0 atom stereocenters. The van der Waals surface area contributed by atoms with Crippen molar-refractivity contribution in [2.24, 2.45) is 0 Å². The maximum atomic E-state index is 2.48. The van der Waals surface area contributed by atoms with Gasteiger partial charge in [-0.1, -0.05) is 156 Å². The zero-order chi connectivity index (χ0) is 24.6. The van der Waals surface area contributed by atoms with Crippen LogP contribution in [0.1, 0.15) is 0 Å². The van der Waals surface area contributed by atoms with Crippen LogP contribution in [0.2, 0.25) is 0 Å². The topological polar surface area (TPSA) is 0 Å². The minimum atomic E-state index is -0.578. The molecular weight excluding hydrogens is 460 g/mol. The van der Waals surface area contributed by atoms with Gasteiger partial charge in [0.25, 0.3) is 0 Å². The Morgan fingerprint density at radius 1 is 0.351 bits per heavy atom. The molecule has 0 bridgehead atoms. The highest BCUT2D eigenvalue weighted by atomic mass is 28.2. The molecule has 0 aromatic heterocycles. The summed E-state index contributed by atoms with van der Waals surface area (Å²) in [5, 5.41) is 10.8. The van der Waals surface area contributed by atoms with Crippen LogP contribution in [0.25, 0.3) is 54.6 Å². The molecule has 7 aromatic rings. The first-order valence-electron chi connectivity index (χ1n) is 12.9. The molecule has 7 rings (SSSR count). The van der Waals surface area contributed by atoms with Crippen LogP contribution in [0.3, 0.4) is 0 Å². The monoisotopic (exact) mass is 486 g/mol. The van der Waals surface area contributed by atoms with Crippen LogP contribution >= 0.6 is 0 Å². The molecule has 0 heterocycles. The second-order valence-electron chi connectivity index (χ2n) is 9.73. The number of rotatable bonds is 4. The predicted molar refractivity (Wildman–Crippen MR) is 164 cm³/mol. The molecule has 0 aliphatic carbocycles. The van der Waals surface area contributed by atoms with E-state index in [-0.39, 0.29) is 0 Å². The van der Waals surface area contributed by atoms with Gasteiger partial charge in [0, 0.05) is 0 Å². The zero-order valence-corrected chi connectivity index (χ0v) is 22.0. The first-order valence-corrected chi connectivity index (χ1v) is 14.3. The lowest BCUT2D eigenvalue weighted by Gasteiger charge is -2.19. The highest BCUT2D eigenvalue weighted by molar-refractivity contribution is 6.67. The Morgan fingerprint density at radius 2 is 0.946 bits per heavy atom. The quantitative estimate of drug-likeness (QED) is 0.177. The van der Waals surface area contributed by atoms with Crippen LogP contribution < -0.4 is 10.4 Å². The second-order valence-corrected chi connectivity index (χ2v) is 11.7. The summed E-state index contributed by atoms with van der Waals surface area (Å²) in [6.45, 7) is 0. The molecule has 0 amide bonds. The second kappa shape index (κ2) is 9.20. The van der Waals surface area contributed by atoms with Gasteiger partial charge in [-0.2, -0.15) is 0 Å². The number of hydrogen-bond acceptors (Lipinski definition) is 0. The third-order valence-electron chi connectivity index (χ3n) is 7.46. The maximum Gasteiger partial charge on any atom is 0.0875 e. The van der Waals surface area contributed by atoms with Crippen LogP contribution in [-0.2, 0) is 0 Å². The molecule has 0 spiro atoms. The first kappa shape index (κ1) is 21.8. The summed E-state index contributed by atoms with van der Waals surface area (Å²) in [4.78, 5) is 0. The molecule has 7 aromatic carbocycles. The Hall–Kier alpha value is -4.46. The van der Waals surface area contributed by atoms with Gasteiger partial charge in [0.2, 0.25) is 0 Å². The average Bonchev–Trinajstić information content (AvgIpc) is 2.97. The molecule has 0 aliphatic heterocycles.